The maximum Gasteiger partial charge on any atom is 0.277 e. The number of nitrogens with zero attached hydrogens (tertiary/aromatic N) is 4. The molecule has 0 radical (unpaired) electrons. The lowest BCUT2D eigenvalue weighted by Crippen LogP contribution is -2.40. The Kier molecular flexibility index (Phi) is 4.32. The largest absolute Gasteiger partial charge is 0.337 e. The quantitative estimate of drug-likeness (QED) is 0.789. The van der Waals surface area contributed by atoms with Gasteiger partial charge < -0.3 is 4.90 Å². The van der Waals surface area contributed by atoms with Crippen LogP contribution in [0.25, 0.3) is 5.65 Å². The highest BCUT2D eigenvalue weighted by Gasteiger charge is 2.37. The van der Waals surface area contributed by atoms with Crippen LogP contribution in [0.2, 0.25) is 0 Å². The van der Waals surface area contributed by atoms with Crippen LogP contribution >= 0.6 is 0 Å². The first-order valence-electron chi connectivity index (χ1n) is 10.3. The molecule has 4 heterocycles. The molecule has 0 aromatic carbocycles. The Morgan fingerprint density at radius 1 is 1.28 bits per heavy atom. The Bertz CT molecular complexity index is 1150. The smallest absolute Gasteiger partial charge is 0.277 e. The Labute approximate surface area is 168 Å². The van der Waals surface area contributed by atoms with Gasteiger partial charge in [-0.05, 0) is 32.6 Å². The molecule has 29 heavy (non-hydrogen) atoms. The maximum atomic E-state index is 13.1. The number of nitrogens with one attached hydrogen (secondary N) is 1. The fourth-order valence-corrected chi connectivity index (χ4v) is 5.84. The van der Waals surface area contributed by atoms with Crippen molar-refractivity contribution in [2.75, 3.05) is 18.8 Å². The van der Waals surface area contributed by atoms with E-state index in [1.54, 1.807) is 17.9 Å². The summed E-state index contributed by atoms with van der Waals surface area (Å²) in [6.45, 7) is 3.03. The van der Waals surface area contributed by atoms with Gasteiger partial charge in [-0.25, -0.2) is 17.9 Å². The van der Waals surface area contributed by atoms with Crippen LogP contribution in [0.5, 0.6) is 0 Å². The van der Waals surface area contributed by atoms with Gasteiger partial charge in [-0.2, -0.15) is 4.31 Å². The number of aromatic nitrogens is 3. The molecule has 1 atom stereocenters. The summed E-state index contributed by atoms with van der Waals surface area (Å²) in [7, 11) is -3.32. The lowest BCUT2D eigenvalue weighted by atomic mass is 10.1. The van der Waals surface area contributed by atoms with Crippen molar-refractivity contribution in [1.82, 2.24) is 23.8 Å². The summed E-state index contributed by atoms with van der Waals surface area (Å²) in [5.74, 6) is 0.321. The van der Waals surface area contributed by atoms with Gasteiger partial charge in [-0.3, -0.25) is 14.7 Å². The van der Waals surface area contributed by atoms with Crippen molar-refractivity contribution in [2.24, 2.45) is 5.92 Å². The van der Waals surface area contributed by atoms with E-state index in [0.29, 0.717) is 49.4 Å². The number of sulfonamides is 1. The summed E-state index contributed by atoms with van der Waals surface area (Å²) >= 11 is 0. The van der Waals surface area contributed by atoms with E-state index in [1.165, 1.54) is 8.82 Å². The van der Waals surface area contributed by atoms with E-state index in [4.69, 9.17) is 0 Å². The molecule has 0 bridgehead atoms. The zero-order chi connectivity index (χ0) is 20.3. The highest BCUT2D eigenvalue weighted by Crippen LogP contribution is 2.34. The molecule has 2 fully saturated rings. The minimum Gasteiger partial charge on any atom is -0.337 e. The average Bonchev–Trinajstić information content (AvgIpc) is 3.27. The van der Waals surface area contributed by atoms with E-state index in [1.807, 2.05) is 0 Å². The van der Waals surface area contributed by atoms with Gasteiger partial charge in [0.2, 0.25) is 15.9 Å². The van der Waals surface area contributed by atoms with E-state index in [-0.39, 0.29) is 29.2 Å². The summed E-state index contributed by atoms with van der Waals surface area (Å²) in [4.78, 5) is 31.9. The zero-order valence-electron chi connectivity index (χ0n) is 16.4. The lowest BCUT2D eigenvalue weighted by molar-refractivity contribution is -0.133. The number of hydrogen-bond acceptors (Lipinski definition) is 5. The maximum absolute atomic E-state index is 13.1. The van der Waals surface area contributed by atoms with Crippen LogP contribution in [0.3, 0.4) is 0 Å². The normalized spacial score (nSPS) is 22.9. The van der Waals surface area contributed by atoms with E-state index >= 15 is 0 Å². The number of carbonyl (C=O) groups is 1. The number of amides is 1. The predicted octanol–water partition coefficient (Wildman–Crippen LogP) is 0.804. The van der Waals surface area contributed by atoms with Gasteiger partial charge in [0.15, 0.2) is 5.65 Å². The molecule has 1 saturated carbocycles. The van der Waals surface area contributed by atoms with Gasteiger partial charge in [0, 0.05) is 31.5 Å². The number of rotatable bonds is 4. The van der Waals surface area contributed by atoms with Crippen LogP contribution in [0, 0.1) is 5.92 Å². The Hall–Kier alpha value is -2.20. The summed E-state index contributed by atoms with van der Waals surface area (Å²) < 4.78 is 27.8. The lowest BCUT2D eigenvalue weighted by Gasteiger charge is -2.27. The van der Waals surface area contributed by atoms with Crippen molar-refractivity contribution >= 4 is 21.6 Å². The fraction of sp³-hybridized carbons (Fsp3) is 0.632. The van der Waals surface area contributed by atoms with Crippen molar-refractivity contribution in [1.29, 1.82) is 0 Å². The van der Waals surface area contributed by atoms with Crippen LogP contribution in [0.4, 0.5) is 0 Å². The second-order valence-electron chi connectivity index (χ2n) is 8.20. The van der Waals surface area contributed by atoms with Gasteiger partial charge in [-0.15, -0.1) is 0 Å². The third-order valence-electron chi connectivity index (χ3n) is 6.30. The van der Waals surface area contributed by atoms with Gasteiger partial charge in [-0.1, -0.05) is 0 Å². The van der Waals surface area contributed by atoms with Gasteiger partial charge in [0.1, 0.15) is 0 Å². The second-order valence-corrected chi connectivity index (χ2v) is 10.4. The first kappa shape index (κ1) is 18.8. The molecular formula is C19H25N5O4S. The molecular weight excluding hydrogens is 394 g/mol. The Balaban J connectivity index is 1.51. The van der Waals surface area contributed by atoms with Gasteiger partial charge in [0.25, 0.3) is 5.56 Å². The summed E-state index contributed by atoms with van der Waals surface area (Å²) in [6, 6.07) is 1.49. The van der Waals surface area contributed by atoms with Crippen molar-refractivity contribution < 1.29 is 13.2 Å². The van der Waals surface area contributed by atoms with E-state index < -0.39 is 10.0 Å². The average molecular weight is 420 g/mol. The van der Waals surface area contributed by atoms with Crippen LogP contribution in [0.15, 0.2) is 10.9 Å². The Morgan fingerprint density at radius 2 is 2.07 bits per heavy atom. The van der Waals surface area contributed by atoms with Crippen molar-refractivity contribution in [2.45, 2.75) is 51.6 Å². The van der Waals surface area contributed by atoms with Crippen LogP contribution in [-0.4, -0.2) is 57.0 Å². The molecule has 0 unspecified atom stereocenters. The molecule has 1 N–H and O–H groups in total. The molecule has 1 saturated heterocycles. The number of carbonyl (C=O) groups excluding carboxylic acids is 1. The van der Waals surface area contributed by atoms with E-state index in [0.717, 1.165) is 25.0 Å². The molecule has 5 rings (SSSR count). The number of fused-ring (bicyclic) bond motifs is 2. The molecule has 9 nitrogen and oxygen atoms in total. The monoisotopic (exact) mass is 419 g/mol. The molecule has 10 heteroatoms. The minimum atomic E-state index is -3.32. The third-order valence-corrected chi connectivity index (χ3v) is 8.19. The summed E-state index contributed by atoms with van der Waals surface area (Å²) in [5, 5.41) is 3.09. The Morgan fingerprint density at radius 3 is 2.79 bits per heavy atom. The van der Waals surface area contributed by atoms with Gasteiger partial charge in [0.05, 0.1) is 35.3 Å². The summed E-state index contributed by atoms with van der Waals surface area (Å²) in [6.07, 6.45) is 3.95. The topological polar surface area (TPSA) is 108 Å². The minimum absolute atomic E-state index is 0.0566. The SMILES string of the molecule is CCS(=O)(=O)N1CCC[C@@H]1c1cc2nc3c(c(=O)n2[nH]1)CN(C(=O)C1CC1)CC3. The fourth-order valence-electron chi connectivity index (χ4n) is 4.50. The van der Waals surface area contributed by atoms with Crippen LogP contribution in [0.1, 0.15) is 55.6 Å². The standard InChI is InChI=1S/C19H25N5O4S/c1-2-29(27,28)23-8-3-4-16(23)15-10-17-20-14-7-9-22(18(25)12-5-6-12)11-13(14)19(26)24(17)21-15/h10,12,16,21H,2-9,11H2,1H3/t16-/m1/s1. The van der Waals surface area contributed by atoms with E-state index in [9.17, 15) is 18.0 Å². The van der Waals surface area contributed by atoms with E-state index in [2.05, 4.69) is 10.1 Å². The second kappa shape index (κ2) is 6.66. The van der Waals surface area contributed by atoms with Crippen molar-refractivity contribution in [3.63, 3.8) is 0 Å². The highest BCUT2D eigenvalue weighted by molar-refractivity contribution is 7.89. The number of aromatic amines is 1. The molecule has 1 amide bonds. The molecule has 156 valence electrons. The molecule has 2 aromatic heterocycles. The first-order chi connectivity index (χ1) is 13.9. The number of H-pyrrole nitrogens is 1. The van der Waals surface area contributed by atoms with Crippen molar-refractivity contribution in [3.8, 4) is 0 Å². The zero-order valence-corrected chi connectivity index (χ0v) is 17.2. The predicted molar refractivity (Wildman–Crippen MR) is 106 cm³/mol. The van der Waals surface area contributed by atoms with Crippen LogP contribution in [-0.2, 0) is 27.8 Å². The van der Waals surface area contributed by atoms with Gasteiger partial charge >= 0.3 is 0 Å². The highest BCUT2D eigenvalue weighted by atomic mass is 32.2. The molecule has 2 aliphatic heterocycles. The third kappa shape index (κ3) is 3.09. The summed E-state index contributed by atoms with van der Waals surface area (Å²) in [5.41, 5.74) is 2.29. The molecule has 0 spiro atoms. The number of hydrogen-bond donors (Lipinski definition) is 1. The molecule has 1 aliphatic carbocycles. The van der Waals surface area contributed by atoms with Crippen LogP contribution < -0.4 is 5.56 Å². The first-order valence-corrected chi connectivity index (χ1v) is 11.9. The molecule has 2 aromatic rings. The molecule has 3 aliphatic rings. The van der Waals surface area contributed by atoms with Crippen molar-refractivity contribution in [3.05, 3.63) is 33.4 Å².